The van der Waals surface area contributed by atoms with Gasteiger partial charge in [-0.15, -0.1) is 0 Å². The molecule has 7 nitrogen and oxygen atoms in total. The van der Waals surface area contributed by atoms with Crippen LogP contribution in [0, 0.1) is 0 Å². The van der Waals surface area contributed by atoms with Crippen LogP contribution in [0.25, 0.3) is 0 Å². The van der Waals surface area contributed by atoms with Crippen LogP contribution in [0.1, 0.15) is 44.4 Å². The van der Waals surface area contributed by atoms with Gasteiger partial charge in [0, 0.05) is 24.5 Å². The van der Waals surface area contributed by atoms with Gasteiger partial charge in [-0.25, -0.2) is 14.6 Å². The van der Waals surface area contributed by atoms with Gasteiger partial charge in [-0.3, -0.25) is 0 Å². The number of aliphatic imine (C=N–C) groups is 1. The number of hydrogen-bond donors (Lipinski definition) is 2. The molecule has 2 aromatic rings. The number of ether oxygens (including phenoxy) is 1. The van der Waals surface area contributed by atoms with Gasteiger partial charge >= 0.3 is 12.0 Å². The Labute approximate surface area is 204 Å². The molecule has 4 rings (SSSR count). The summed E-state index contributed by atoms with van der Waals surface area (Å²) in [5.41, 5.74) is 3.93. The largest absolute Gasteiger partial charge is 0.459 e. The van der Waals surface area contributed by atoms with Crippen LogP contribution in [0.15, 0.2) is 70.9 Å². The molecule has 0 aliphatic carbocycles. The summed E-state index contributed by atoms with van der Waals surface area (Å²) in [7, 11) is 0. The lowest BCUT2D eigenvalue weighted by Crippen LogP contribution is -2.42. The minimum atomic E-state index is -0.335. The van der Waals surface area contributed by atoms with E-state index in [1.54, 1.807) is 11.8 Å². The second kappa shape index (κ2) is 10.8. The first-order valence-corrected chi connectivity index (χ1v) is 12.5. The Morgan fingerprint density at radius 1 is 1.15 bits per heavy atom. The molecule has 0 aromatic heterocycles. The molecule has 1 unspecified atom stereocenters. The minimum absolute atomic E-state index is 0.212. The Morgan fingerprint density at radius 2 is 1.88 bits per heavy atom. The molecule has 2 aromatic carbocycles. The molecule has 1 saturated heterocycles. The highest BCUT2D eigenvalue weighted by Crippen LogP contribution is 2.40. The van der Waals surface area contributed by atoms with Gasteiger partial charge in [0.25, 0.3) is 0 Å². The van der Waals surface area contributed by atoms with Gasteiger partial charge in [0.15, 0.2) is 5.17 Å². The highest BCUT2D eigenvalue weighted by Gasteiger charge is 2.38. The summed E-state index contributed by atoms with van der Waals surface area (Å²) < 4.78 is 5.57. The Hall–Kier alpha value is -3.26. The molecule has 2 heterocycles. The number of rotatable bonds is 6. The third-order valence-electron chi connectivity index (χ3n) is 5.60. The van der Waals surface area contributed by atoms with E-state index in [9.17, 15) is 9.59 Å². The molecule has 8 heteroatoms. The van der Waals surface area contributed by atoms with E-state index in [-0.39, 0.29) is 24.1 Å². The van der Waals surface area contributed by atoms with Gasteiger partial charge < -0.3 is 20.3 Å². The fourth-order valence-corrected chi connectivity index (χ4v) is 5.08. The van der Waals surface area contributed by atoms with Gasteiger partial charge in [-0.1, -0.05) is 54.2 Å². The number of fused-ring (bicyclic) bond motifs is 1. The SMILES string of the molecule is CC1=C(C(=O)OC(C)C)C(c2ccc(NC(=O)NCc3ccccc3)cc2)N2CCCSC2=N1. The Kier molecular flexibility index (Phi) is 7.57. The molecular formula is C26H30N4O3S. The number of nitrogens with one attached hydrogen (secondary N) is 2. The fourth-order valence-electron chi connectivity index (χ4n) is 4.06. The highest BCUT2D eigenvalue weighted by atomic mass is 32.2. The molecule has 0 bridgehead atoms. The number of anilines is 1. The molecule has 34 heavy (non-hydrogen) atoms. The van der Waals surface area contributed by atoms with Crippen LogP contribution in [0.2, 0.25) is 0 Å². The number of amides is 2. The third kappa shape index (κ3) is 5.62. The van der Waals surface area contributed by atoms with Crippen LogP contribution in [0.5, 0.6) is 0 Å². The van der Waals surface area contributed by atoms with Crippen molar-refractivity contribution in [2.45, 2.75) is 45.9 Å². The zero-order valence-corrected chi connectivity index (χ0v) is 20.5. The first-order chi connectivity index (χ1) is 16.4. The summed E-state index contributed by atoms with van der Waals surface area (Å²) >= 11 is 1.72. The smallest absolute Gasteiger partial charge is 0.338 e. The molecule has 2 N–H and O–H groups in total. The maximum atomic E-state index is 13.0. The molecule has 178 valence electrons. The van der Waals surface area contributed by atoms with E-state index in [1.165, 1.54) is 0 Å². The molecule has 0 radical (unpaired) electrons. The normalized spacial score (nSPS) is 17.7. The van der Waals surface area contributed by atoms with E-state index in [0.717, 1.165) is 35.0 Å². The van der Waals surface area contributed by atoms with E-state index in [1.807, 2.05) is 75.4 Å². The quantitative estimate of drug-likeness (QED) is 0.566. The fraction of sp³-hybridized carbons (Fsp3) is 0.346. The monoisotopic (exact) mass is 478 g/mol. The molecule has 0 saturated carbocycles. The van der Waals surface area contributed by atoms with Crippen molar-refractivity contribution >= 4 is 34.6 Å². The van der Waals surface area contributed by atoms with Crippen molar-refractivity contribution < 1.29 is 14.3 Å². The van der Waals surface area contributed by atoms with E-state index in [4.69, 9.17) is 9.73 Å². The Morgan fingerprint density at radius 3 is 2.59 bits per heavy atom. The first kappa shape index (κ1) is 23.9. The van der Waals surface area contributed by atoms with Crippen molar-refractivity contribution in [1.29, 1.82) is 0 Å². The average molecular weight is 479 g/mol. The zero-order chi connectivity index (χ0) is 24.1. The number of nitrogens with zero attached hydrogens (tertiary/aromatic N) is 2. The molecule has 1 atom stereocenters. The van der Waals surface area contributed by atoms with Crippen LogP contribution in [0.3, 0.4) is 0 Å². The van der Waals surface area contributed by atoms with Crippen molar-refractivity contribution in [1.82, 2.24) is 10.2 Å². The summed E-state index contributed by atoms with van der Waals surface area (Å²) in [4.78, 5) is 32.3. The number of allylic oxidation sites excluding steroid dienone is 1. The molecule has 0 spiro atoms. The zero-order valence-electron chi connectivity index (χ0n) is 19.7. The Bertz CT molecular complexity index is 1100. The second-order valence-corrected chi connectivity index (χ2v) is 9.62. The van der Waals surface area contributed by atoms with E-state index < -0.39 is 0 Å². The van der Waals surface area contributed by atoms with E-state index in [2.05, 4.69) is 15.5 Å². The van der Waals surface area contributed by atoms with Gasteiger partial charge in [-0.2, -0.15) is 0 Å². The number of benzene rings is 2. The van der Waals surface area contributed by atoms with Crippen molar-refractivity contribution in [2.75, 3.05) is 17.6 Å². The lowest BCUT2D eigenvalue weighted by Gasteiger charge is -2.40. The predicted molar refractivity (Wildman–Crippen MR) is 137 cm³/mol. The summed E-state index contributed by atoms with van der Waals surface area (Å²) in [6.07, 6.45) is 0.808. The lowest BCUT2D eigenvalue weighted by molar-refractivity contribution is -0.143. The second-order valence-electron chi connectivity index (χ2n) is 8.56. The van der Waals surface area contributed by atoms with Crippen LogP contribution < -0.4 is 10.6 Å². The number of hydrogen-bond acceptors (Lipinski definition) is 6. The van der Waals surface area contributed by atoms with Gasteiger partial charge in [-0.05, 0) is 50.5 Å². The highest BCUT2D eigenvalue weighted by molar-refractivity contribution is 8.13. The van der Waals surface area contributed by atoms with Gasteiger partial charge in [0.05, 0.1) is 23.4 Å². The van der Waals surface area contributed by atoms with Gasteiger partial charge in [0.1, 0.15) is 0 Å². The number of carbonyl (C=O) groups is 2. The number of amidine groups is 1. The Balaban J connectivity index is 1.51. The molecule has 1 fully saturated rings. The molecule has 2 aliphatic rings. The maximum absolute atomic E-state index is 13.0. The standard InChI is InChI=1S/C26H30N4O3S/c1-17(2)33-24(31)22-18(3)28-26-30(14-7-15-34-26)23(22)20-10-12-21(13-11-20)29-25(32)27-16-19-8-5-4-6-9-19/h4-6,8-13,17,23H,7,14-16H2,1-3H3,(H2,27,29,32). The number of esters is 1. The third-order valence-corrected chi connectivity index (χ3v) is 6.68. The van der Waals surface area contributed by atoms with E-state index >= 15 is 0 Å². The van der Waals surface area contributed by atoms with Crippen LogP contribution >= 0.6 is 11.8 Å². The van der Waals surface area contributed by atoms with Gasteiger partial charge in [0.2, 0.25) is 0 Å². The summed E-state index contributed by atoms with van der Waals surface area (Å²) in [6, 6.07) is 16.8. The number of urea groups is 1. The number of carbonyl (C=O) groups excluding carboxylic acids is 2. The predicted octanol–water partition coefficient (Wildman–Crippen LogP) is 5.08. The number of thioether (sulfide) groups is 1. The van der Waals surface area contributed by atoms with E-state index in [0.29, 0.717) is 23.5 Å². The summed E-state index contributed by atoms with van der Waals surface area (Å²) in [6.45, 7) is 6.84. The van der Waals surface area contributed by atoms with Crippen molar-refractivity contribution in [2.24, 2.45) is 4.99 Å². The topological polar surface area (TPSA) is 83.0 Å². The maximum Gasteiger partial charge on any atom is 0.338 e. The molecule has 2 aliphatic heterocycles. The lowest BCUT2D eigenvalue weighted by atomic mass is 9.94. The van der Waals surface area contributed by atoms with Crippen LogP contribution in [-0.2, 0) is 16.1 Å². The minimum Gasteiger partial charge on any atom is -0.459 e. The molecule has 2 amide bonds. The van der Waals surface area contributed by atoms with Crippen LogP contribution in [0.4, 0.5) is 10.5 Å². The molecular weight excluding hydrogens is 448 g/mol. The summed E-state index contributed by atoms with van der Waals surface area (Å²) in [5, 5.41) is 6.68. The van der Waals surface area contributed by atoms with Crippen molar-refractivity contribution in [3.8, 4) is 0 Å². The van der Waals surface area contributed by atoms with Crippen molar-refractivity contribution in [3.05, 3.63) is 77.0 Å². The summed E-state index contributed by atoms with van der Waals surface area (Å²) in [5.74, 6) is 0.681. The van der Waals surface area contributed by atoms with Crippen molar-refractivity contribution in [3.63, 3.8) is 0 Å². The first-order valence-electron chi connectivity index (χ1n) is 11.5. The average Bonchev–Trinajstić information content (AvgIpc) is 2.82. The van der Waals surface area contributed by atoms with Crippen LogP contribution in [-0.4, -0.2) is 40.5 Å².